The molecule has 2 aliphatic rings. The monoisotopic (exact) mass is 248 g/mol. The molecule has 1 N–H and O–H groups in total. The van der Waals surface area contributed by atoms with Crippen molar-refractivity contribution in [2.75, 3.05) is 0 Å². The first kappa shape index (κ1) is 11.2. The van der Waals surface area contributed by atoms with Gasteiger partial charge in [-0.15, -0.1) is 11.3 Å². The molecule has 4 unspecified atom stereocenters. The van der Waals surface area contributed by atoms with Crippen LogP contribution in [-0.4, -0.2) is 10.1 Å². The molecule has 0 amide bonds. The SMILES string of the molecule is Cc1csc(C(O)C2(C#N)CC3CCC2C3)n1. The van der Waals surface area contributed by atoms with Crippen LogP contribution in [0.2, 0.25) is 0 Å². The Hall–Kier alpha value is -0.920. The van der Waals surface area contributed by atoms with E-state index in [1.54, 1.807) is 0 Å². The molecule has 0 radical (unpaired) electrons. The van der Waals surface area contributed by atoms with Gasteiger partial charge in [0.1, 0.15) is 11.1 Å². The molecule has 2 fully saturated rings. The molecule has 17 heavy (non-hydrogen) atoms. The molecule has 1 heterocycles. The Morgan fingerprint density at radius 3 is 2.94 bits per heavy atom. The second-order valence-corrected chi connectivity index (χ2v) is 6.35. The van der Waals surface area contributed by atoms with E-state index in [9.17, 15) is 10.4 Å². The summed E-state index contributed by atoms with van der Waals surface area (Å²) in [6.07, 6.45) is 3.61. The molecule has 0 aromatic carbocycles. The molecule has 4 heteroatoms. The normalized spacial score (nSPS) is 37.0. The lowest BCUT2D eigenvalue weighted by molar-refractivity contribution is 0.0231. The van der Waals surface area contributed by atoms with Crippen LogP contribution in [-0.2, 0) is 0 Å². The summed E-state index contributed by atoms with van der Waals surface area (Å²) in [4.78, 5) is 4.35. The molecule has 2 saturated carbocycles. The van der Waals surface area contributed by atoms with Crippen molar-refractivity contribution >= 4 is 11.3 Å². The van der Waals surface area contributed by atoms with Gasteiger partial charge in [-0.25, -0.2) is 4.98 Å². The van der Waals surface area contributed by atoms with E-state index in [1.807, 2.05) is 12.3 Å². The van der Waals surface area contributed by atoms with Crippen molar-refractivity contribution < 1.29 is 5.11 Å². The van der Waals surface area contributed by atoms with E-state index in [0.29, 0.717) is 11.8 Å². The minimum Gasteiger partial charge on any atom is -0.384 e. The highest BCUT2D eigenvalue weighted by Crippen LogP contribution is 2.60. The maximum Gasteiger partial charge on any atom is 0.124 e. The Morgan fingerprint density at radius 1 is 1.65 bits per heavy atom. The summed E-state index contributed by atoms with van der Waals surface area (Å²) in [7, 11) is 0. The highest BCUT2D eigenvalue weighted by Gasteiger charge is 2.56. The Bertz CT molecular complexity index is 478. The summed E-state index contributed by atoms with van der Waals surface area (Å²) in [5.41, 5.74) is 0.369. The molecule has 3 nitrogen and oxygen atoms in total. The zero-order valence-electron chi connectivity index (χ0n) is 9.89. The Labute approximate surface area is 105 Å². The van der Waals surface area contributed by atoms with Gasteiger partial charge in [0, 0.05) is 11.1 Å². The highest BCUT2D eigenvalue weighted by molar-refractivity contribution is 7.09. The fourth-order valence-corrected chi connectivity index (χ4v) is 4.50. The number of hydrogen-bond donors (Lipinski definition) is 1. The molecule has 0 saturated heterocycles. The van der Waals surface area contributed by atoms with Crippen LogP contribution in [0.3, 0.4) is 0 Å². The second kappa shape index (κ2) is 3.79. The number of nitrogens with zero attached hydrogens (tertiary/aromatic N) is 2. The summed E-state index contributed by atoms with van der Waals surface area (Å²) < 4.78 is 0. The molecular formula is C13H16N2OS. The summed E-state index contributed by atoms with van der Waals surface area (Å²) in [6, 6.07) is 2.43. The van der Waals surface area contributed by atoms with Gasteiger partial charge in [-0.2, -0.15) is 5.26 Å². The van der Waals surface area contributed by atoms with Crippen LogP contribution in [0.25, 0.3) is 0 Å². The lowest BCUT2D eigenvalue weighted by atomic mass is 9.70. The summed E-state index contributed by atoms with van der Waals surface area (Å²) in [5.74, 6) is 1.02. The summed E-state index contributed by atoms with van der Waals surface area (Å²) >= 11 is 1.47. The van der Waals surface area contributed by atoms with E-state index in [2.05, 4.69) is 11.1 Å². The molecule has 2 bridgehead atoms. The third-order valence-electron chi connectivity index (χ3n) is 4.46. The van der Waals surface area contributed by atoms with Crippen molar-refractivity contribution in [1.29, 1.82) is 5.26 Å². The molecule has 90 valence electrons. The first-order chi connectivity index (χ1) is 8.15. The molecular weight excluding hydrogens is 232 g/mol. The van der Waals surface area contributed by atoms with Gasteiger partial charge in [0.2, 0.25) is 0 Å². The molecule has 1 aromatic heterocycles. The van der Waals surface area contributed by atoms with Gasteiger partial charge in [0.05, 0.1) is 11.5 Å². The third kappa shape index (κ3) is 1.53. The minimum absolute atomic E-state index is 0.372. The van der Waals surface area contributed by atoms with Gasteiger partial charge in [-0.05, 0) is 38.0 Å². The smallest absolute Gasteiger partial charge is 0.124 e. The largest absolute Gasteiger partial charge is 0.384 e. The van der Waals surface area contributed by atoms with E-state index in [4.69, 9.17) is 0 Å². The predicted octanol–water partition coefficient (Wildman–Crippen LogP) is 2.81. The number of aliphatic hydroxyl groups excluding tert-OH is 1. The number of aromatic nitrogens is 1. The van der Waals surface area contributed by atoms with E-state index in [1.165, 1.54) is 17.8 Å². The van der Waals surface area contributed by atoms with E-state index >= 15 is 0 Å². The van der Waals surface area contributed by atoms with Crippen LogP contribution in [0.5, 0.6) is 0 Å². The van der Waals surface area contributed by atoms with Crippen molar-refractivity contribution in [1.82, 2.24) is 4.98 Å². The lowest BCUT2D eigenvalue weighted by Crippen LogP contribution is -2.33. The molecule has 1 aromatic rings. The highest BCUT2D eigenvalue weighted by atomic mass is 32.1. The van der Waals surface area contributed by atoms with Gasteiger partial charge in [0.15, 0.2) is 0 Å². The van der Waals surface area contributed by atoms with Crippen molar-refractivity contribution in [3.8, 4) is 6.07 Å². The predicted molar refractivity (Wildman–Crippen MR) is 65.3 cm³/mol. The fourth-order valence-electron chi connectivity index (χ4n) is 3.62. The Morgan fingerprint density at radius 2 is 2.47 bits per heavy atom. The number of nitriles is 1. The van der Waals surface area contributed by atoms with E-state index in [0.717, 1.165) is 30.0 Å². The van der Waals surface area contributed by atoms with Gasteiger partial charge in [0.25, 0.3) is 0 Å². The van der Waals surface area contributed by atoms with Crippen LogP contribution < -0.4 is 0 Å². The van der Waals surface area contributed by atoms with Crippen molar-refractivity contribution in [2.24, 2.45) is 17.3 Å². The number of aliphatic hydroxyl groups is 1. The maximum atomic E-state index is 10.5. The third-order valence-corrected chi connectivity index (χ3v) is 5.48. The van der Waals surface area contributed by atoms with Crippen LogP contribution in [0, 0.1) is 35.5 Å². The number of hydrogen-bond acceptors (Lipinski definition) is 4. The molecule has 0 spiro atoms. The molecule has 4 atom stereocenters. The number of thiazole rings is 1. The van der Waals surface area contributed by atoms with E-state index in [-0.39, 0.29) is 0 Å². The minimum atomic E-state index is -0.693. The molecule has 3 rings (SSSR count). The molecule has 2 aliphatic carbocycles. The Balaban J connectivity index is 1.94. The first-order valence-electron chi connectivity index (χ1n) is 6.17. The van der Waals surface area contributed by atoms with Crippen LogP contribution in [0.15, 0.2) is 5.38 Å². The summed E-state index contributed by atoms with van der Waals surface area (Å²) in [5, 5.41) is 22.7. The Kier molecular flexibility index (Phi) is 2.49. The lowest BCUT2D eigenvalue weighted by Gasteiger charge is -2.34. The van der Waals surface area contributed by atoms with Gasteiger partial charge in [-0.3, -0.25) is 0 Å². The van der Waals surface area contributed by atoms with Crippen LogP contribution >= 0.6 is 11.3 Å². The maximum absolute atomic E-state index is 10.5. The first-order valence-corrected chi connectivity index (χ1v) is 7.05. The topological polar surface area (TPSA) is 56.9 Å². The number of aryl methyl sites for hydroxylation is 1. The van der Waals surface area contributed by atoms with Gasteiger partial charge < -0.3 is 5.11 Å². The van der Waals surface area contributed by atoms with Gasteiger partial charge >= 0.3 is 0 Å². The van der Waals surface area contributed by atoms with Crippen molar-refractivity contribution in [2.45, 2.75) is 38.7 Å². The summed E-state index contributed by atoms with van der Waals surface area (Å²) in [6.45, 7) is 1.92. The quantitative estimate of drug-likeness (QED) is 0.875. The zero-order chi connectivity index (χ0) is 12.0. The van der Waals surface area contributed by atoms with E-state index < -0.39 is 11.5 Å². The second-order valence-electron chi connectivity index (χ2n) is 5.46. The van der Waals surface area contributed by atoms with Gasteiger partial charge in [-0.1, -0.05) is 6.42 Å². The zero-order valence-corrected chi connectivity index (χ0v) is 10.7. The number of rotatable bonds is 2. The average Bonchev–Trinajstić information content (AvgIpc) is 3.02. The fraction of sp³-hybridized carbons (Fsp3) is 0.692. The molecule has 0 aliphatic heterocycles. The van der Waals surface area contributed by atoms with Crippen LogP contribution in [0.1, 0.15) is 42.5 Å². The van der Waals surface area contributed by atoms with Crippen LogP contribution in [0.4, 0.5) is 0 Å². The average molecular weight is 248 g/mol. The van der Waals surface area contributed by atoms with Crippen molar-refractivity contribution in [3.05, 3.63) is 16.1 Å². The standard InChI is InChI=1S/C13H16N2OS/c1-8-6-17-12(15-8)11(16)13(7-14)5-9-2-3-10(13)4-9/h6,9-11,16H,2-5H2,1H3. The number of fused-ring (bicyclic) bond motifs is 2. The van der Waals surface area contributed by atoms with Crippen molar-refractivity contribution in [3.63, 3.8) is 0 Å².